The summed E-state index contributed by atoms with van der Waals surface area (Å²) in [6, 6.07) is 7.82. The van der Waals surface area contributed by atoms with Gasteiger partial charge in [-0.15, -0.1) is 11.3 Å². The lowest BCUT2D eigenvalue weighted by Gasteiger charge is -2.26. The van der Waals surface area contributed by atoms with E-state index in [1.165, 1.54) is 22.4 Å². The Bertz CT molecular complexity index is 1330. The maximum atomic E-state index is 5.45. The highest BCUT2D eigenvalue weighted by Gasteiger charge is 2.39. The van der Waals surface area contributed by atoms with Gasteiger partial charge in [0.1, 0.15) is 10.6 Å². The highest BCUT2D eigenvalue weighted by molar-refractivity contribution is 7.19. The molecule has 8 heteroatoms. The van der Waals surface area contributed by atoms with Crippen molar-refractivity contribution in [1.29, 1.82) is 0 Å². The van der Waals surface area contributed by atoms with Gasteiger partial charge in [0.05, 0.1) is 19.6 Å². The summed E-state index contributed by atoms with van der Waals surface area (Å²) < 4.78 is 12.5. The van der Waals surface area contributed by atoms with E-state index in [0.717, 1.165) is 33.8 Å². The molecule has 2 aliphatic carbocycles. The second-order valence-electron chi connectivity index (χ2n) is 7.68. The smallest absolute Gasteiger partial charge is 0.253 e. The van der Waals surface area contributed by atoms with E-state index in [4.69, 9.17) is 19.4 Å². The van der Waals surface area contributed by atoms with E-state index < -0.39 is 0 Å². The van der Waals surface area contributed by atoms with Gasteiger partial charge in [0.25, 0.3) is 5.95 Å². The quantitative estimate of drug-likeness (QED) is 0.474. The number of fused-ring (bicyclic) bond motifs is 6. The van der Waals surface area contributed by atoms with Gasteiger partial charge in [-0.1, -0.05) is 12.1 Å². The molecular formula is C23H21N5O2S. The van der Waals surface area contributed by atoms with E-state index in [1.807, 2.05) is 30.5 Å². The third-order valence-corrected chi connectivity index (χ3v) is 7.18. The van der Waals surface area contributed by atoms with Gasteiger partial charge in [-0.2, -0.15) is 15.1 Å². The number of benzene rings is 1. The van der Waals surface area contributed by atoms with Crippen LogP contribution in [0.1, 0.15) is 34.8 Å². The first kappa shape index (κ1) is 18.4. The van der Waals surface area contributed by atoms with Gasteiger partial charge in [0.2, 0.25) is 0 Å². The second kappa shape index (κ2) is 7.09. The molecule has 0 spiro atoms. The molecule has 3 heterocycles. The average molecular weight is 432 g/mol. The standard InChI is InChI=1S/C23H21N5O2S/c1-29-16-8-7-13(11-17(16)30-2)12-24-21-19-18-14-5-3-6-15(14)20(18)31-22(19)27-23(26-21)28-10-4-9-25-28/h4-5,7-11,15H,3,6,12H2,1-2H3,(H,24,26,27). The number of hydrogen-bond acceptors (Lipinski definition) is 7. The number of nitrogens with zero attached hydrogens (tertiary/aromatic N) is 4. The summed E-state index contributed by atoms with van der Waals surface area (Å²) in [5.41, 5.74) is 3.88. The Labute approximate surface area is 183 Å². The van der Waals surface area contributed by atoms with E-state index in [-0.39, 0.29) is 0 Å². The lowest BCUT2D eigenvalue weighted by Crippen LogP contribution is -2.11. The minimum Gasteiger partial charge on any atom is -0.493 e. The van der Waals surface area contributed by atoms with Crippen LogP contribution in [0, 0.1) is 0 Å². The number of allylic oxidation sites excluding steroid dienone is 2. The molecule has 0 saturated heterocycles. The van der Waals surface area contributed by atoms with Gasteiger partial charge < -0.3 is 14.8 Å². The zero-order chi connectivity index (χ0) is 20.9. The molecule has 1 atom stereocenters. The molecule has 0 bridgehead atoms. The van der Waals surface area contributed by atoms with Gasteiger partial charge in [-0.05, 0) is 42.2 Å². The molecule has 1 unspecified atom stereocenters. The van der Waals surface area contributed by atoms with Crippen molar-refractivity contribution in [3.63, 3.8) is 0 Å². The maximum Gasteiger partial charge on any atom is 0.253 e. The van der Waals surface area contributed by atoms with Crippen molar-refractivity contribution in [2.24, 2.45) is 0 Å². The summed E-state index contributed by atoms with van der Waals surface area (Å²) in [5, 5.41) is 9.00. The fourth-order valence-corrected chi connectivity index (χ4v) is 5.85. The molecule has 0 saturated carbocycles. The molecular weight excluding hydrogens is 410 g/mol. The van der Waals surface area contributed by atoms with Crippen LogP contribution in [0.2, 0.25) is 0 Å². The van der Waals surface area contributed by atoms with Gasteiger partial charge in [0.15, 0.2) is 11.5 Å². The summed E-state index contributed by atoms with van der Waals surface area (Å²) in [5.74, 6) is 3.43. The Kier molecular flexibility index (Phi) is 4.21. The minimum atomic E-state index is 0.577. The van der Waals surface area contributed by atoms with Crippen molar-refractivity contribution < 1.29 is 9.47 Å². The summed E-state index contributed by atoms with van der Waals surface area (Å²) in [6.07, 6.45) is 8.35. The summed E-state index contributed by atoms with van der Waals surface area (Å²) in [7, 11) is 3.29. The largest absolute Gasteiger partial charge is 0.493 e. The molecule has 0 amide bonds. The third-order valence-electron chi connectivity index (χ3n) is 5.98. The van der Waals surface area contributed by atoms with E-state index in [1.54, 1.807) is 36.4 Å². The van der Waals surface area contributed by atoms with Crippen LogP contribution in [0.5, 0.6) is 11.5 Å². The molecule has 3 aromatic heterocycles. The van der Waals surface area contributed by atoms with Crippen molar-refractivity contribution in [2.75, 3.05) is 19.5 Å². The van der Waals surface area contributed by atoms with E-state index in [2.05, 4.69) is 16.5 Å². The van der Waals surface area contributed by atoms with E-state index in [9.17, 15) is 0 Å². The molecule has 31 heavy (non-hydrogen) atoms. The molecule has 1 N–H and O–H groups in total. The Morgan fingerprint density at radius 3 is 2.90 bits per heavy atom. The molecule has 4 aromatic rings. The topological polar surface area (TPSA) is 74.1 Å². The van der Waals surface area contributed by atoms with Gasteiger partial charge in [-0.25, -0.2) is 4.68 Å². The number of hydrogen-bond donors (Lipinski definition) is 1. The van der Waals surface area contributed by atoms with Crippen molar-refractivity contribution in [3.8, 4) is 17.4 Å². The van der Waals surface area contributed by atoms with E-state index >= 15 is 0 Å². The number of anilines is 1. The molecule has 156 valence electrons. The number of methoxy groups -OCH3 is 2. The fourth-order valence-electron chi connectivity index (χ4n) is 4.51. The number of aromatic nitrogens is 4. The van der Waals surface area contributed by atoms with Crippen LogP contribution in [-0.2, 0) is 6.54 Å². The first-order chi connectivity index (χ1) is 15.3. The Hall–Kier alpha value is -3.39. The van der Waals surface area contributed by atoms with Crippen LogP contribution in [0.3, 0.4) is 0 Å². The number of thiophene rings is 1. The van der Waals surface area contributed by atoms with Crippen LogP contribution in [0.15, 0.2) is 42.7 Å². The van der Waals surface area contributed by atoms with Crippen LogP contribution in [-0.4, -0.2) is 34.0 Å². The van der Waals surface area contributed by atoms with Crippen LogP contribution in [0.4, 0.5) is 5.82 Å². The molecule has 0 radical (unpaired) electrons. The highest BCUT2D eigenvalue weighted by Crippen LogP contribution is 2.59. The number of nitrogens with one attached hydrogen (secondary N) is 1. The van der Waals surface area contributed by atoms with E-state index in [0.29, 0.717) is 24.2 Å². The van der Waals surface area contributed by atoms with Gasteiger partial charge in [0, 0.05) is 35.3 Å². The van der Waals surface area contributed by atoms with Crippen molar-refractivity contribution >= 4 is 32.9 Å². The summed E-state index contributed by atoms with van der Waals surface area (Å²) in [6.45, 7) is 0.609. The van der Waals surface area contributed by atoms with Crippen molar-refractivity contribution in [1.82, 2.24) is 19.7 Å². The summed E-state index contributed by atoms with van der Waals surface area (Å²) >= 11 is 1.79. The minimum absolute atomic E-state index is 0.577. The first-order valence-electron chi connectivity index (χ1n) is 10.3. The molecule has 0 fully saturated rings. The first-order valence-corrected chi connectivity index (χ1v) is 11.1. The second-order valence-corrected chi connectivity index (χ2v) is 8.71. The Balaban J connectivity index is 1.42. The molecule has 2 aliphatic rings. The van der Waals surface area contributed by atoms with Crippen LogP contribution >= 0.6 is 11.3 Å². The lowest BCUT2D eigenvalue weighted by atomic mass is 9.80. The predicted molar refractivity (Wildman–Crippen MR) is 121 cm³/mol. The maximum absolute atomic E-state index is 5.45. The Morgan fingerprint density at radius 1 is 1.19 bits per heavy atom. The summed E-state index contributed by atoms with van der Waals surface area (Å²) in [4.78, 5) is 12.1. The number of rotatable bonds is 6. The van der Waals surface area contributed by atoms with Gasteiger partial charge >= 0.3 is 0 Å². The normalized spacial score (nSPS) is 16.5. The Morgan fingerprint density at radius 2 is 2.10 bits per heavy atom. The SMILES string of the molecule is COc1ccc(CNc2nc(-n3cccn3)nc3sc4c(c23)C2=CCCC24)cc1OC. The zero-order valence-electron chi connectivity index (χ0n) is 17.3. The van der Waals surface area contributed by atoms with Gasteiger partial charge in [-0.3, -0.25) is 0 Å². The zero-order valence-corrected chi connectivity index (χ0v) is 18.1. The lowest BCUT2D eigenvalue weighted by molar-refractivity contribution is 0.354. The third kappa shape index (κ3) is 2.82. The highest BCUT2D eigenvalue weighted by atomic mass is 32.1. The van der Waals surface area contributed by atoms with Crippen molar-refractivity contribution in [2.45, 2.75) is 25.3 Å². The molecule has 0 aliphatic heterocycles. The fraction of sp³-hybridized carbons (Fsp3) is 0.261. The van der Waals surface area contributed by atoms with Crippen LogP contribution in [0.25, 0.3) is 21.7 Å². The van der Waals surface area contributed by atoms with Crippen molar-refractivity contribution in [3.05, 3.63) is 58.7 Å². The predicted octanol–water partition coefficient (Wildman–Crippen LogP) is 4.78. The monoisotopic (exact) mass is 431 g/mol. The molecule has 1 aromatic carbocycles. The average Bonchev–Trinajstić information content (AvgIpc) is 3.53. The molecule has 6 rings (SSSR count). The molecule has 7 nitrogen and oxygen atoms in total. The van der Waals surface area contributed by atoms with Crippen LogP contribution < -0.4 is 14.8 Å². The number of ether oxygens (including phenoxy) is 2.